The number of carbonyl (C=O) groups is 1. The van der Waals surface area contributed by atoms with Gasteiger partial charge in [-0.2, -0.15) is 4.80 Å². The molecule has 0 bridgehead atoms. The molecular formula is C13H9FN6O3S. The molecule has 122 valence electrons. The van der Waals surface area contributed by atoms with Crippen LogP contribution in [0.2, 0.25) is 0 Å². The van der Waals surface area contributed by atoms with Crippen LogP contribution < -0.4 is 5.32 Å². The molecular weight excluding hydrogens is 339 g/mol. The molecule has 2 heterocycles. The Morgan fingerprint density at radius 1 is 1.42 bits per heavy atom. The number of thiophene rings is 1. The van der Waals surface area contributed by atoms with Gasteiger partial charge in [-0.1, -0.05) is 6.07 Å². The zero-order valence-electron chi connectivity index (χ0n) is 11.9. The van der Waals surface area contributed by atoms with E-state index in [9.17, 15) is 19.3 Å². The Labute approximate surface area is 137 Å². The first kappa shape index (κ1) is 15.7. The van der Waals surface area contributed by atoms with Crippen LogP contribution in [0.1, 0.15) is 0 Å². The number of aromatic nitrogens is 4. The van der Waals surface area contributed by atoms with Gasteiger partial charge in [0.2, 0.25) is 11.7 Å². The van der Waals surface area contributed by atoms with E-state index in [2.05, 4.69) is 20.7 Å². The highest BCUT2D eigenvalue weighted by Gasteiger charge is 2.15. The quantitative estimate of drug-likeness (QED) is 0.557. The van der Waals surface area contributed by atoms with Crippen LogP contribution in [-0.2, 0) is 11.3 Å². The number of anilines is 1. The number of hydrogen-bond donors (Lipinski definition) is 1. The second kappa shape index (κ2) is 6.50. The average Bonchev–Trinajstić information content (AvgIpc) is 3.20. The van der Waals surface area contributed by atoms with E-state index in [4.69, 9.17) is 0 Å². The lowest BCUT2D eigenvalue weighted by atomic mass is 10.2. The van der Waals surface area contributed by atoms with Gasteiger partial charge in [0.15, 0.2) is 0 Å². The van der Waals surface area contributed by atoms with Gasteiger partial charge in [0.05, 0.1) is 15.5 Å². The molecule has 0 spiro atoms. The van der Waals surface area contributed by atoms with Gasteiger partial charge in [-0.15, -0.1) is 21.5 Å². The third kappa shape index (κ3) is 3.41. The molecule has 3 rings (SSSR count). The van der Waals surface area contributed by atoms with Crippen LogP contribution in [0.15, 0.2) is 35.7 Å². The number of benzene rings is 1. The van der Waals surface area contributed by atoms with Crippen LogP contribution in [0.5, 0.6) is 0 Å². The Bertz CT molecular complexity index is 895. The third-order valence-corrected chi connectivity index (χ3v) is 3.78. The van der Waals surface area contributed by atoms with Crippen molar-refractivity contribution in [3.05, 3.63) is 51.6 Å². The molecule has 0 atom stereocenters. The van der Waals surface area contributed by atoms with Crippen LogP contribution >= 0.6 is 11.3 Å². The summed E-state index contributed by atoms with van der Waals surface area (Å²) in [6.45, 7) is -0.305. The lowest BCUT2D eigenvalue weighted by molar-refractivity contribution is -0.384. The second-order valence-corrected chi connectivity index (χ2v) is 5.54. The summed E-state index contributed by atoms with van der Waals surface area (Å²) in [5.74, 6) is -1.04. The summed E-state index contributed by atoms with van der Waals surface area (Å²) in [6, 6.07) is 6.51. The Kier molecular flexibility index (Phi) is 4.24. The van der Waals surface area contributed by atoms with E-state index in [-0.39, 0.29) is 17.9 Å². The number of rotatable bonds is 5. The maximum atomic E-state index is 13.6. The molecule has 0 fully saturated rings. The van der Waals surface area contributed by atoms with Crippen molar-refractivity contribution in [3.63, 3.8) is 0 Å². The monoisotopic (exact) mass is 348 g/mol. The van der Waals surface area contributed by atoms with Gasteiger partial charge in [0, 0.05) is 12.1 Å². The van der Waals surface area contributed by atoms with Gasteiger partial charge in [0.25, 0.3) is 5.69 Å². The number of non-ortho nitro benzene ring substituents is 1. The largest absolute Gasteiger partial charge is 0.322 e. The fraction of sp³-hybridized carbons (Fsp3) is 0.0769. The van der Waals surface area contributed by atoms with Gasteiger partial charge in [-0.25, -0.2) is 4.39 Å². The smallest absolute Gasteiger partial charge is 0.271 e. The molecule has 0 radical (unpaired) electrons. The van der Waals surface area contributed by atoms with Crippen molar-refractivity contribution in [2.24, 2.45) is 0 Å². The standard InChI is InChI=1S/C13H9FN6O3S/c14-9-4-3-8(20(22)23)6-10(9)15-12(21)7-19-17-13(16-18-19)11-2-1-5-24-11/h1-6H,7H2,(H,15,21). The number of nitrogens with zero attached hydrogens (tertiary/aromatic N) is 5. The maximum absolute atomic E-state index is 13.6. The van der Waals surface area contributed by atoms with Crippen molar-refractivity contribution in [3.8, 4) is 10.7 Å². The van der Waals surface area contributed by atoms with Crippen LogP contribution in [0.3, 0.4) is 0 Å². The number of carbonyl (C=O) groups excluding carboxylic acids is 1. The summed E-state index contributed by atoms with van der Waals surface area (Å²) in [6.07, 6.45) is 0. The zero-order valence-corrected chi connectivity index (χ0v) is 12.7. The van der Waals surface area contributed by atoms with Gasteiger partial charge in [0.1, 0.15) is 12.4 Å². The number of hydrogen-bond acceptors (Lipinski definition) is 7. The minimum atomic E-state index is -0.778. The highest BCUT2D eigenvalue weighted by atomic mass is 32.1. The summed E-state index contributed by atoms with van der Waals surface area (Å²) in [7, 11) is 0. The Morgan fingerprint density at radius 2 is 2.25 bits per heavy atom. The van der Waals surface area contributed by atoms with Crippen LogP contribution in [0, 0.1) is 15.9 Å². The third-order valence-electron chi connectivity index (χ3n) is 2.91. The van der Waals surface area contributed by atoms with E-state index in [1.54, 1.807) is 0 Å². The predicted octanol–water partition coefficient (Wildman–Crippen LogP) is 2.09. The van der Waals surface area contributed by atoms with E-state index in [1.807, 2.05) is 17.5 Å². The molecule has 24 heavy (non-hydrogen) atoms. The summed E-state index contributed by atoms with van der Waals surface area (Å²) >= 11 is 1.42. The number of halogens is 1. The van der Waals surface area contributed by atoms with Gasteiger partial charge in [-0.3, -0.25) is 14.9 Å². The van der Waals surface area contributed by atoms with E-state index < -0.39 is 16.6 Å². The molecule has 9 nitrogen and oxygen atoms in total. The lowest BCUT2D eigenvalue weighted by Gasteiger charge is -2.05. The molecule has 2 aromatic heterocycles. The number of nitro groups is 1. The molecule has 0 saturated heterocycles. The molecule has 1 amide bonds. The van der Waals surface area contributed by atoms with Gasteiger partial charge < -0.3 is 5.32 Å². The fourth-order valence-electron chi connectivity index (χ4n) is 1.86. The average molecular weight is 348 g/mol. The first-order valence-electron chi connectivity index (χ1n) is 6.58. The second-order valence-electron chi connectivity index (χ2n) is 4.59. The van der Waals surface area contributed by atoms with Crippen LogP contribution in [-0.4, -0.2) is 31.0 Å². The highest BCUT2D eigenvalue weighted by Crippen LogP contribution is 2.21. The fourth-order valence-corrected chi connectivity index (χ4v) is 2.50. The number of nitro benzene ring substituents is 1. The first-order chi connectivity index (χ1) is 11.5. The molecule has 0 aliphatic carbocycles. The van der Waals surface area contributed by atoms with Crippen molar-refractivity contribution in [2.45, 2.75) is 6.54 Å². The molecule has 0 aliphatic heterocycles. The Morgan fingerprint density at radius 3 is 2.96 bits per heavy atom. The normalized spacial score (nSPS) is 10.5. The first-order valence-corrected chi connectivity index (χ1v) is 7.46. The Hall–Kier alpha value is -3.21. The molecule has 0 unspecified atom stereocenters. The minimum absolute atomic E-state index is 0.284. The van der Waals surface area contributed by atoms with Gasteiger partial charge in [-0.05, 0) is 22.7 Å². The Balaban J connectivity index is 1.70. The summed E-state index contributed by atoms with van der Waals surface area (Å²) in [5, 5.41) is 26.4. The molecule has 1 N–H and O–H groups in total. The molecule has 11 heteroatoms. The summed E-state index contributed by atoms with van der Waals surface area (Å²) in [5.41, 5.74) is -0.613. The topological polar surface area (TPSA) is 116 Å². The van der Waals surface area contributed by atoms with E-state index >= 15 is 0 Å². The van der Waals surface area contributed by atoms with E-state index in [1.165, 1.54) is 11.3 Å². The minimum Gasteiger partial charge on any atom is -0.322 e. The van der Waals surface area contributed by atoms with E-state index in [0.29, 0.717) is 5.82 Å². The predicted molar refractivity (Wildman–Crippen MR) is 82.8 cm³/mol. The molecule has 1 aromatic carbocycles. The number of tetrazole rings is 1. The van der Waals surface area contributed by atoms with Crippen molar-refractivity contribution in [2.75, 3.05) is 5.32 Å². The molecule has 0 saturated carbocycles. The highest BCUT2D eigenvalue weighted by molar-refractivity contribution is 7.13. The zero-order chi connectivity index (χ0) is 17.1. The van der Waals surface area contributed by atoms with Crippen molar-refractivity contribution >= 4 is 28.6 Å². The van der Waals surface area contributed by atoms with Crippen LogP contribution in [0.25, 0.3) is 10.7 Å². The molecule has 3 aromatic rings. The van der Waals surface area contributed by atoms with Crippen molar-refractivity contribution in [1.82, 2.24) is 20.2 Å². The van der Waals surface area contributed by atoms with Gasteiger partial charge >= 0.3 is 0 Å². The van der Waals surface area contributed by atoms with Crippen molar-refractivity contribution in [1.29, 1.82) is 0 Å². The SMILES string of the molecule is O=C(Cn1nnc(-c2cccs2)n1)Nc1cc([N+](=O)[O-])ccc1F. The summed E-state index contributed by atoms with van der Waals surface area (Å²) < 4.78 is 13.6. The van der Waals surface area contributed by atoms with Crippen LogP contribution in [0.4, 0.5) is 15.8 Å². The molecule has 0 aliphatic rings. The summed E-state index contributed by atoms with van der Waals surface area (Å²) in [4.78, 5) is 23.8. The number of nitrogens with one attached hydrogen (secondary N) is 1. The number of amides is 1. The van der Waals surface area contributed by atoms with E-state index in [0.717, 1.165) is 27.9 Å². The lowest BCUT2D eigenvalue weighted by Crippen LogP contribution is -2.21. The van der Waals surface area contributed by atoms with Crippen molar-refractivity contribution < 1.29 is 14.1 Å². The maximum Gasteiger partial charge on any atom is 0.271 e.